The van der Waals surface area contributed by atoms with E-state index < -0.39 is 5.41 Å². The molecule has 0 fully saturated rings. The molecular formula is C67H68N4O. The highest BCUT2D eigenvalue weighted by molar-refractivity contribution is 6.11. The van der Waals surface area contributed by atoms with Gasteiger partial charge in [0.2, 0.25) is 0 Å². The highest BCUT2D eigenvalue weighted by Crippen LogP contribution is 2.43. The molecule has 3 heterocycles. The van der Waals surface area contributed by atoms with Gasteiger partial charge in [-0.1, -0.05) is 204 Å². The first kappa shape index (κ1) is 48.1. The van der Waals surface area contributed by atoms with Crippen molar-refractivity contribution in [2.75, 3.05) is 0 Å². The standard InChI is InChI=1S/C67H68N4O/c1-63(2,3)49-35-36-68-61(40-49)71-58-34-23-22-33-56(58)62-57(64(4,5)6)42-55(43-59(62)71)72-54-32-24-31-52(41-54)69-44-60(67(11,12)48-29-20-15-21-30-48)70(45-69)53-38-50(65(7,8)46-25-16-13-17-26-46)37-51(39-53)66(9,10)47-27-18-14-19-28-47/h13-44H,1-12H3. The summed E-state index contributed by atoms with van der Waals surface area (Å²) in [5, 5.41) is 2.42. The summed E-state index contributed by atoms with van der Waals surface area (Å²) in [7, 11) is 0. The summed E-state index contributed by atoms with van der Waals surface area (Å²) < 4.78 is 13.8. The summed E-state index contributed by atoms with van der Waals surface area (Å²) in [5.41, 5.74) is 12.7. The van der Waals surface area contributed by atoms with Gasteiger partial charge in [0.1, 0.15) is 17.3 Å². The summed E-state index contributed by atoms with van der Waals surface area (Å²) in [4.78, 5) is 4.99. The molecule has 0 atom stereocenters. The SMILES string of the molecule is CC(C)(C)c1ccnc(-n2c3ccccc3c3c(C(C)(C)C)cc(Oc4cccc(-n5[c-][n+](-c6cc(C(C)(C)c7ccccc7)cc(C(C)(C)c7ccccc7)c6)c(C(C)(C)c6ccccc6)c5)c4)cc32)c1. The third kappa shape index (κ3) is 8.84. The normalized spacial score (nSPS) is 12.7. The highest BCUT2D eigenvalue weighted by atomic mass is 16.5. The van der Waals surface area contributed by atoms with Crippen LogP contribution >= 0.6 is 0 Å². The van der Waals surface area contributed by atoms with Crippen LogP contribution in [0.1, 0.15) is 128 Å². The van der Waals surface area contributed by atoms with E-state index in [2.05, 4.69) is 285 Å². The van der Waals surface area contributed by atoms with Crippen LogP contribution in [0.4, 0.5) is 0 Å². The van der Waals surface area contributed by atoms with Gasteiger partial charge in [-0.3, -0.25) is 13.7 Å². The van der Waals surface area contributed by atoms with Gasteiger partial charge in [0.15, 0.2) is 0 Å². The Labute approximate surface area is 427 Å². The number of nitrogens with zero attached hydrogens (tertiary/aromatic N) is 4. The summed E-state index contributed by atoms with van der Waals surface area (Å²) in [6.07, 6.45) is 8.09. The van der Waals surface area contributed by atoms with Gasteiger partial charge in [0.25, 0.3) is 6.33 Å². The lowest BCUT2D eigenvalue weighted by atomic mass is 9.73. The van der Waals surface area contributed by atoms with Crippen molar-refractivity contribution in [3.8, 4) is 28.7 Å². The van der Waals surface area contributed by atoms with E-state index in [4.69, 9.17) is 9.72 Å². The zero-order chi connectivity index (χ0) is 50.8. The van der Waals surface area contributed by atoms with E-state index in [-0.39, 0.29) is 21.7 Å². The van der Waals surface area contributed by atoms with Crippen LogP contribution in [0.3, 0.4) is 0 Å². The van der Waals surface area contributed by atoms with Crippen LogP contribution in [0.25, 0.3) is 39.0 Å². The van der Waals surface area contributed by atoms with Crippen LogP contribution in [0, 0.1) is 6.33 Å². The molecule has 362 valence electrons. The van der Waals surface area contributed by atoms with Crippen molar-refractivity contribution < 1.29 is 9.30 Å². The minimum atomic E-state index is -0.407. The summed E-state index contributed by atoms with van der Waals surface area (Å²) in [6.45, 7) is 27.6. The Morgan fingerprint density at radius 2 is 1.03 bits per heavy atom. The fourth-order valence-electron chi connectivity index (χ4n) is 10.5. The van der Waals surface area contributed by atoms with E-state index in [1.54, 1.807) is 0 Å². The van der Waals surface area contributed by atoms with Crippen molar-refractivity contribution in [1.29, 1.82) is 0 Å². The molecule has 0 amide bonds. The molecule has 72 heavy (non-hydrogen) atoms. The Morgan fingerprint density at radius 1 is 0.458 bits per heavy atom. The number of imidazole rings is 1. The van der Waals surface area contributed by atoms with E-state index in [9.17, 15) is 0 Å². The summed E-state index contributed by atoms with van der Waals surface area (Å²) in [5.74, 6) is 2.39. The number of rotatable bonds is 11. The van der Waals surface area contributed by atoms with Crippen molar-refractivity contribution in [3.05, 3.63) is 245 Å². The molecule has 0 saturated heterocycles. The summed E-state index contributed by atoms with van der Waals surface area (Å²) >= 11 is 0. The molecular weight excluding hydrogens is 877 g/mol. The van der Waals surface area contributed by atoms with Crippen molar-refractivity contribution in [1.82, 2.24) is 14.1 Å². The molecule has 10 rings (SSSR count). The second-order valence-corrected chi connectivity index (χ2v) is 23.3. The van der Waals surface area contributed by atoms with Crippen LogP contribution in [-0.2, 0) is 27.1 Å². The zero-order valence-electron chi connectivity index (χ0n) is 44.2. The van der Waals surface area contributed by atoms with Gasteiger partial charge >= 0.3 is 0 Å². The molecule has 5 nitrogen and oxygen atoms in total. The van der Waals surface area contributed by atoms with Crippen molar-refractivity contribution in [2.24, 2.45) is 0 Å². The second-order valence-electron chi connectivity index (χ2n) is 23.3. The number of hydrogen-bond donors (Lipinski definition) is 0. The average Bonchev–Trinajstić information content (AvgIpc) is 3.98. The largest absolute Gasteiger partial charge is 0.458 e. The van der Waals surface area contributed by atoms with Gasteiger partial charge < -0.3 is 4.74 Å². The Hall–Kier alpha value is -7.50. The first-order chi connectivity index (χ1) is 34.2. The van der Waals surface area contributed by atoms with Crippen LogP contribution < -0.4 is 9.30 Å². The minimum absolute atomic E-state index is 0.0354. The monoisotopic (exact) mass is 945 g/mol. The molecule has 7 aromatic carbocycles. The average molecular weight is 945 g/mol. The molecule has 3 aromatic heterocycles. The maximum atomic E-state index is 7.03. The van der Waals surface area contributed by atoms with Gasteiger partial charge in [-0.15, -0.1) is 0 Å². The number of aromatic nitrogens is 4. The lowest BCUT2D eigenvalue weighted by Crippen LogP contribution is -2.41. The fourth-order valence-corrected chi connectivity index (χ4v) is 10.5. The quantitative estimate of drug-likeness (QED) is 0.0957. The van der Waals surface area contributed by atoms with Crippen LogP contribution in [0.5, 0.6) is 11.5 Å². The molecule has 5 heteroatoms. The second kappa shape index (κ2) is 18.0. The number of benzene rings is 7. The van der Waals surface area contributed by atoms with Crippen molar-refractivity contribution in [2.45, 2.75) is 110 Å². The predicted octanol–water partition coefficient (Wildman–Crippen LogP) is 16.4. The minimum Gasteiger partial charge on any atom is -0.458 e. The molecule has 0 bridgehead atoms. The lowest BCUT2D eigenvalue weighted by Gasteiger charge is -2.33. The van der Waals surface area contributed by atoms with Gasteiger partial charge in [-0.25, -0.2) is 4.98 Å². The molecule has 0 unspecified atom stereocenters. The molecule has 0 spiro atoms. The molecule has 0 aliphatic carbocycles. The first-order valence-electron chi connectivity index (χ1n) is 25.4. The Kier molecular flexibility index (Phi) is 12.0. The van der Waals surface area contributed by atoms with Gasteiger partial charge in [-0.05, 0) is 104 Å². The Bertz CT molecular complexity index is 3510. The van der Waals surface area contributed by atoms with E-state index in [0.29, 0.717) is 0 Å². The Balaban J connectivity index is 1.13. The van der Waals surface area contributed by atoms with Crippen LogP contribution in [-0.4, -0.2) is 14.1 Å². The molecule has 10 aromatic rings. The smallest absolute Gasteiger partial charge is 0.269 e. The fraction of sp³-hybridized carbons (Fsp3) is 0.254. The first-order valence-corrected chi connectivity index (χ1v) is 25.4. The predicted molar refractivity (Wildman–Crippen MR) is 298 cm³/mol. The Morgan fingerprint density at radius 3 is 1.61 bits per heavy atom. The third-order valence-electron chi connectivity index (χ3n) is 15.2. The topological polar surface area (TPSA) is 35.9 Å². The number of pyridine rings is 1. The molecule has 0 aliphatic rings. The van der Waals surface area contributed by atoms with E-state index >= 15 is 0 Å². The van der Waals surface area contributed by atoms with E-state index in [0.717, 1.165) is 45.4 Å². The van der Waals surface area contributed by atoms with E-state index in [1.165, 1.54) is 49.7 Å². The number of para-hydroxylation sites is 1. The van der Waals surface area contributed by atoms with Gasteiger partial charge in [0, 0.05) is 45.5 Å². The maximum absolute atomic E-state index is 7.03. The van der Waals surface area contributed by atoms with Gasteiger partial charge in [-0.2, -0.15) is 0 Å². The van der Waals surface area contributed by atoms with E-state index in [1.807, 2.05) is 12.3 Å². The van der Waals surface area contributed by atoms with Crippen LogP contribution in [0.2, 0.25) is 0 Å². The molecule has 0 aliphatic heterocycles. The number of fused-ring (bicyclic) bond motifs is 3. The molecule has 0 saturated carbocycles. The van der Waals surface area contributed by atoms with Crippen molar-refractivity contribution in [3.63, 3.8) is 0 Å². The number of ether oxygens (including phenoxy) is 1. The molecule has 0 radical (unpaired) electrons. The zero-order valence-corrected chi connectivity index (χ0v) is 44.2. The third-order valence-corrected chi connectivity index (χ3v) is 15.2. The molecule has 0 N–H and O–H groups in total. The maximum Gasteiger partial charge on any atom is 0.269 e. The lowest BCUT2D eigenvalue weighted by molar-refractivity contribution is -0.611. The van der Waals surface area contributed by atoms with Crippen LogP contribution in [0.15, 0.2) is 194 Å². The van der Waals surface area contributed by atoms with Crippen molar-refractivity contribution >= 4 is 21.8 Å². The summed E-state index contributed by atoms with van der Waals surface area (Å²) in [6, 6.07) is 65.6. The highest BCUT2D eigenvalue weighted by Gasteiger charge is 2.33. The number of hydrogen-bond acceptors (Lipinski definition) is 2. The van der Waals surface area contributed by atoms with Gasteiger partial charge in [0.05, 0.1) is 28.1 Å².